The summed E-state index contributed by atoms with van der Waals surface area (Å²) in [6.07, 6.45) is 8.47. The van der Waals surface area contributed by atoms with E-state index in [2.05, 4.69) is 37.2 Å². The van der Waals surface area contributed by atoms with Gasteiger partial charge in [-0.05, 0) is 73.7 Å². The van der Waals surface area contributed by atoms with Gasteiger partial charge in [0.1, 0.15) is 24.7 Å². The molecule has 0 rings (SSSR count). The van der Waals surface area contributed by atoms with E-state index in [0.29, 0.717) is 29.4 Å². The fourth-order valence-corrected chi connectivity index (χ4v) is 5.69. The molecule has 280 valence electrons. The molecule has 0 aliphatic carbocycles. The van der Waals surface area contributed by atoms with E-state index >= 15 is 0 Å². The minimum absolute atomic E-state index is 0.210. The Hall–Kier alpha value is -2.88. The molecule has 4 unspecified atom stereocenters. The lowest BCUT2D eigenvalue weighted by molar-refractivity contribution is -0.138. The number of hydrogen-bond acceptors (Lipinski definition) is 13. The quantitative estimate of drug-likeness (QED) is 0.0413. The maximum Gasteiger partial charge on any atom is 0.322 e. The number of hydrogen-bond donors (Lipinski definition) is 9. The number of amides is 7. The summed E-state index contributed by atoms with van der Waals surface area (Å²) in [6.45, 7) is -2.00. The molecule has 0 saturated heterocycles. The van der Waals surface area contributed by atoms with Crippen molar-refractivity contribution in [1.82, 2.24) is 37.2 Å². The van der Waals surface area contributed by atoms with Gasteiger partial charge in [0.25, 0.3) is 0 Å². The van der Waals surface area contributed by atoms with Crippen molar-refractivity contribution in [2.24, 2.45) is 5.73 Å². The van der Waals surface area contributed by atoms with Gasteiger partial charge in [-0.3, -0.25) is 38.4 Å². The summed E-state index contributed by atoms with van der Waals surface area (Å²) >= 11 is 5.84. The van der Waals surface area contributed by atoms with Crippen LogP contribution < -0.4 is 43.0 Å². The number of carboxylic acid groups (broad SMARTS) is 1. The molecule has 0 bridgehead atoms. The van der Waals surface area contributed by atoms with Gasteiger partial charge in [-0.25, -0.2) is 0 Å². The Balaban J connectivity index is 5.12. The minimum atomic E-state index is -1.24. The molecule has 49 heavy (non-hydrogen) atoms. The topological polar surface area (TPSA) is 267 Å². The van der Waals surface area contributed by atoms with Gasteiger partial charge in [0, 0.05) is 0 Å². The molecule has 0 saturated carbocycles. The molecule has 7 amide bonds. The van der Waals surface area contributed by atoms with Crippen LogP contribution in [-0.4, -0.2) is 151 Å². The highest BCUT2D eigenvalue weighted by Crippen LogP contribution is 2.04. The van der Waals surface area contributed by atoms with Gasteiger partial charge in [0.05, 0.1) is 25.7 Å². The second-order valence-corrected chi connectivity index (χ2v) is 14.3. The second-order valence-electron chi connectivity index (χ2n) is 10.4. The van der Waals surface area contributed by atoms with E-state index < -0.39 is 91.1 Å². The number of carbonyl (C=O) groups excluding carboxylic acids is 7. The van der Waals surface area contributed by atoms with Crippen LogP contribution in [0.3, 0.4) is 0 Å². The number of rotatable bonds is 27. The first kappa shape index (κ1) is 46.1. The van der Waals surface area contributed by atoms with E-state index in [1.807, 2.05) is 18.8 Å². The summed E-state index contributed by atoms with van der Waals surface area (Å²) in [4.78, 5) is 98.7. The summed E-state index contributed by atoms with van der Waals surface area (Å²) in [5.74, 6) is -3.48. The molecule has 0 heterocycles. The Bertz CT molecular complexity index is 1110. The molecule has 0 aliphatic heterocycles. The SMILES string of the molecule is CSCCC(N)C(=O)NCC(=O)NC(CCSC)C(=O)NCC(=O)NC(CCSC)C(=O)NCC(=O)NC(CCSC)C(=O)NCC(=O)O. The summed E-state index contributed by atoms with van der Waals surface area (Å²) in [6, 6.07) is -3.81. The number of nitrogens with two attached hydrogens (primary N) is 1. The minimum Gasteiger partial charge on any atom is -0.480 e. The fraction of sp³-hybridized carbons (Fsp3) is 0.714. The van der Waals surface area contributed by atoms with Crippen LogP contribution in [0.1, 0.15) is 25.7 Å². The van der Waals surface area contributed by atoms with Crippen LogP contribution in [0.25, 0.3) is 0 Å². The lowest BCUT2D eigenvalue weighted by Gasteiger charge is -2.21. The highest BCUT2D eigenvalue weighted by Gasteiger charge is 2.26. The Labute approximate surface area is 303 Å². The Morgan fingerprint density at radius 1 is 0.490 bits per heavy atom. The van der Waals surface area contributed by atoms with Gasteiger partial charge in [0.2, 0.25) is 41.4 Å². The maximum atomic E-state index is 12.9. The van der Waals surface area contributed by atoms with Gasteiger partial charge in [-0.15, -0.1) is 0 Å². The third-order valence-electron chi connectivity index (χ3n) is 6.44. The highest BCUT2D eigenvalue weighted by molar-refractivity contribution is 7.99. The van der Waals surface area contributed by atoms with Crippen LogP contribution in [0.2, 0.25) is 0 Å². The van der Waals surface area contributed by atoms with E-state index in [-0.39, 0.29) is 25.8 Å². The molecule has 0 radical (unpaired) electrons. The van der Waals surface area contributed by atoms with Crippen LogP contribution in [0, 0.1) is 0 Å². The molecule has 0 aromatic heterocycles. The zero-order chi connectivity index (χ0) is 37.2. The van der Waals surface area contributed by atoms with Crippen molar-refractivity contribution in [1.29, 1.82) is 0 Å². The molecular formula is C28H50N8O9S4. The maximum absolute atomic E-state index is 12.9. The van der Waals surface area contributed by atoms with Crippen LogP contribution in [0.4, 0.5) is 0 Å². The Morgan fingerprint density at radius 3 is 1.08 bits per heavy atom. The largest absolute Gasteiger partial charge is 0.480 e. The molecule has 10 N–H and O–H groups in total. The Morgan fingerprint density at radius 2 is 0.776 bits per heavy atom. The van der Waals surface area contributed by atoms with Crippen molar-refractivity contribution in [3.63, 3.8) is 0 Å². The van der Waals surface area contributed by atoms with E-state index in [9.17, 15) is 38.4 Å². The van der Waals surface area contributed by atoms with Crippen LogP contribution in [0.15, 0.2) is 0 Å². The average Bonchev–Trinajstić information content (AvgIpc) is 3.07. The lowest BCUT2D eigenvalue weighted by Crippen LogP contribution is -2.54. The molecular weight excluding hydrogens is 721 g/mol. The molecule has 0 aliphatic rings. The fourth-order valence-electron chi connectivity index (χ4n) is 3.79. The summed E-state index contributed by atoms with van der Waals surface area (Å²) in [5, 5.41) is 25.9. The first-order valence-electron chi connectivity index (χ1n) is 15.2. The van der Waals surface area contributed by atoms with Gasteiger partial charge < -0.3 is 48.1 Å². The van der Waals surface area contributed by atoms with E-state index in [1.165, 1.54) is 35.3 Å². The highest BCUT2D eigenvalue weighted by atomic mass is 32.2. The van der Waals surface area contributed by atoms with Gasteiger partial charge in [-0.1, -0.05) is 0 Å². The number of aliphatic carboxylic acids is 1. The molecule has 0 aromatic rings. The van der Waals surface area contributed by atoms with E-state index in [1.54, 1.807) is 18.0 Å². The first-order valence-corrected chi connectivity index (χ1v) is 20.8. The van der Waals surface area contributed by atoms with Crippen LogP contribution >= 0.6 is 47.0 Å². The molecule has 0 aromatic carbocycles. The van der Waals surface area contributed by atoms with E-state index in [4.69, 9.17) is 10.8 Å². The van der Waals surface area contributed by atoms with Gasteiger partial charge in [0.15, 0.2) is 0 Å². The summed E-state index contributed by atoms with van der Waals surface area (Å²) < 4.78 is 0. The van der Waals surface area contributed by atoms with Crippen molar-refractivity contribution in [2.45, 2.75) is 49.9 Å². The van der Waals surface area contributed by atoms with Crippen molar-refractivity contribution in [3.8, 4) is 0 Å². The number of thioether (sulfide) groups is 4. The number of carbonyl (C=O) groups is 8. The molecule has 0 spiro atoms. The van der Waals surface area contributed by atoms with Crippen LogP contribution in [0.5, 0.6) is 0 Å². The monoisotopic (exact) mass is 770 g/mol. The van der Waals surface area contributed by atoms with Crippen molar-refractivity contribution >= 4 is 94.4 Å². The molecule has 21 heteroatoms. The first-order chi connectivity index (χ1) is 23.3. The third-order valence-corrected chi connectivity index (χ3v) is 9.02. The standard InChI is InChI=1S/C28H50N8O9S4/c1-46-9-5-17(29)25(42)30-13-21(37)34-18(6-10-47-2)26(43)31-14-22(38)35-19(7-11-48-3)27(44)32-15-23(39)36-20(8-12-49-4)28(45)33-16-24(40)41/h17-20H,5-16,29H2,1-4H3,(H,30,42)(H,31,43)(H,32,44)(H,33,45)(H,34,37)(H,35,38)(H,36,39)(H,40,41). The number of carboxylic acids is 1. The predicted molar refractivity (Wildman–Crippen MR) is 195 cm³/mol. The van der Waals surface area contributed by atoms with E-state index in [0.717, 1.165) is 0 Å². The molecule has 17 nitrogen and oxygen atoms in total. The lowest BCUT2D eigenvalue weighted by atomic mass is 10.2. The summed E-state index contributed by atoms with van der Waals surface area (Å²) in [5.41, 5.74) is 5.81. The van der Waals surface area contributed by atoms with Crippen molar-refractivity contribution in [3.05, 3.63) is 0 Å². The zero-order valence-corrected chi connectivity index (χ0v) is 31.5. The van der Waals surface area contributed by atoms with Crippen molar-refractivity contribution in [2.75, 3.05) is 74.2 Å². The Kier molecular flexibility index (Phi) is 26.2. The smallest absolute Gasteiger partial charge is 0.322 e. The van der Waals surface area contributed by atoms with Gasteiger partial charge >= 0.3 is 5.97 Å². The zero-order valence-electron chi connectivity index (χ0n) is 28.2. The van der Waals surface area contributed by atoms with Gasteiger partial charge in [-0.2, -0.15) is 47.0 Å². The third kappa shape index (κ3) is 22.5. The average molecular weight is 771 g/mol. The normalized spacial score (nSPS) is 13.1. The molecule has 4 atom stereocenters. The molecule has 0 fully saturated rings. The number of nitrogens with one attached hydrogen (secondary N) is 7. The second kappa shape index (κ2) is 27.9. The summed E-state index contributed by atoms with van der Waals surface area (Å²) in [7, 11) is 0. The van der Waals surface area contributed by atoms with Crippen LogP contribution in [-0.2, 0) is 38.4 Å². The predicted octanol–water partition coefficient (Wildman–Crippen LogP) is -2.67. The van der Waals surface area contributed by atoms with Crippen molar-refractivity contribution < 1.29 is 43.5 Å².